The third-order valence-corrected chi connectivity index (χ3v) is 1.86. The minimum Gasteiger partial charge on any atom is -0.508 e. The van der Waals surface area contributed by atoms with Gasteiger partial charge in [0.2, 0.25) is 0 Å². The molecule has 1 aromatic carbocycles. The van der Waals surface area contributed by atoms with Crippen LogP contribution in [0.1, 0.15) is 19.4 Å². The predicted molar refractivity (Wildman–Crippen MR) is 56.6 cm³/mol. The third-order valence-electron chi connectivity index (χ3n) is 1.86. The molecule has 0 saturated heterocycles. The molecule has 1 N–H and O–H groups in total. The molecular weight excluding hydrogens is 160 g/mol. The Morgan fingerprint density at radius 1 is 1.23 bits per heavy atom. The molecule has 1 aromatic rings. The fourth-order valence-electron chi connectivity index (χ4n) is 1.06. The first-order valence-electron chi connectivity index (χ1n) is 4.33. The van der Waals surface area contributed by atoms with Gasteiger partial charge in [-0.25, -0.2) is 0 Å². The number of hydrogen-bond acceptors (Lipinski definition) is 1. The maximum atomic E-state index is 9.08. The van der Waals surface area contributed by atoms with Crippen LogP contribution in [-0.4, -0.2) is 5.11 Å². The number of allylic oxidation sites excluding steroid dienone is 4. The zero-order chi connectivity index (χ0) is 9.68. The molecule has 1 heteroatoms. The third kappa shape index (κ3) is 2.79. The van der Waals surface area contributed by atoms with E-state index >= 15 is 0 Å². The van der Waals surface area contributed by atoms with Gasteiger partial charge in [-0.15, -0.1) is 0 Å². The molecule has 0 radical (unpaired) electrons. The molecule has 0 aliphatic rings. The molecule has 1 nitrogen and oxygen atoms in total. The maximum absolute atomic E-state index is 9.08. The Balaban J connectivity index is 2.89. The van der Waals surface area contributed by atoms with E-state index in [2.05, 4.69) is 0 Å². The normalized spacial score (nSPS) is 12.3. The molecule has 0 atom stereocenters. The summed E-state index contributed by atoms with van der Waals surface area (Å²) in [5, 5.41) is 9.08. The second kappa shape index (κ2) is 4.51. The Morgan fingerprint density at radius 2 is 1.85 bits per heavy atom. The van der Waals surface area contributed by atoms with Gasteiger partial charge in [-0.3, -0.25) is 0 Å². The first-order chi connectivity index (χ1) is 6.24. The summed E-state index contributed by atoms with van der Waals surface area (Å²) in [6.07, 6.45) is 6.04. The van der Waals surface area contributed by atoms with E-state index in [1.54, 1.807) is 12.1 Å². The van der Waals surface area contributed by atoms with Gasteiger partial charge >= 0.3 is 0 Å². The zero-order valence-corrected chi connectivity index (χ0v) is 7.99. The molecule has 0 aliphatic carbocycles. The summed E-state index contributed by atoms with van der Waals surface area (Å²) in [5.74, 6) is 0.308. The van der Waals surface area contributed by atoms with Gasteiger partial charge in [-0.05, 0) is 37.1 Å². The number of phenols is 1. The van der Waals surface area contributed by atoms with Gasteiger partial charge in [-0.2, -0.15) is 0 Å². The van der Waals surface area contributed by atoms with E-state index in [0.29, 0.717) is 5.75 Å². The average Bonchev–Trinajstić information content (AvgIpc) is 2.15. The largest absolute Gasteiger partial charge is 0.508 e. The predicted octanol–water partition coefficient (Wildman–Crippen LogP) is 3.37. The highest BCUT2D eigenvalue weighted by atomic mass is 16.3. The van der Waals surface area contributed by atoms with Crippen LogP contribution in [0.3, 0.4) is 0 Å². The summed E-state index contributed by atoms with van der Waals surface area (Å²) in [7, 11) is 0. The first kappa shape index (κ1) is 9.59. The lowest BCUT2D eigenvalue weighted by molar-refractivity contribution is 0.475. The molecule has 0 aromatic heterocycles. The first-order valence-corrected chi connectivity index (χ1v) is 4.33. The smallest absolute Gasteiger partial charge is 0.115 e. The lowest BCUT2D eigenvalue weighted by atomic mass is 10.1. The number of rotatable bonds is 2. The molecule has 13 heavy (non-hydrogen) atoms. The highest BCUT2D eigenvalue weighted by Crippen LogP contribution is 2.17. The van der Waals surface area contributed by atoms with Gasteiger partial charge in [0.05, 0.1) is 0 Å². The Labute approximate surface area is 79.0 Å². The van der Waals surface area contributed by atoms with Crippen molar-refractivity contribution < 1.29 is 5.11 Å². The van der Waals surface area contributed by atoms with Gasteiger partial charge in [0.1, 0.15) is 5.75 Å². The molecule has 0 saturated carbocycles. The fraction of sp³-hybridized carbons (Fsp3) is 0.167. The van der Waals surface area contributed by atoms with E-state index in [9.17, 15) is 0 Å². The summed E-state index contributed by atoms with van der Waals surface area (Å²) >= 11 is 0. The minimum atomic E-state index is 0.308. The van der Waals surface area contributed by atoms with Crippen molar-refractivity contribution in [2.45, 2.75) is 13.8 Å². The highest BCUT2D eigenvalue weighted by Gasteiger charge is 1.93. The highest BCUT2D eigenvalue weighted by molar-refractivity contribution is 5.65. The molecule has 0 bridgehead atoms. The average molecular weight is 174 g/mol. The number of aromatic hydroxyl groups is 1. The van der Waals surface area contributed by atoms with Crippen molar-refractivity contribution >= 4 is 5.57 Å². The number of hydrogen-bond donors (Lipinski definition) is 1. The van der Waals surface area contributed by atoms with Gasteiger partial charge in [0, 0.05) is 0 Å². The molecule has 0 aliphatic heterocycles. The zero-order valence-electron chi connectivity index (χ0n) is 7.99. The van der Waals surface area contributed by atoms with Crippen LogP contribution >= 0.6 is 0 Å². The van der Waals surface area contributed by atoms with E-state index in [4.69, 9.17) is 5.11 Å². The summed E-state index contributed by atoms with van der Waals surface area (Å²) in [4.78, 5) is 0. The van der Waals surface area contributed by atoms with Gasteiger partial charge in [0.25, 0.3) is 0 Å². The van der Waals surface area contributed by atoms with Gasteiger partial charge in [-0.1, -0.05) is 30.4 Å². The molecule has 68 valence electrons. The topological polar surface area (TPSA) is 20.2 Å². The van der Waals surface area contributed by atoms with Gasteiger partial charge < -0.3 is 5.11 Å². The summed E-state index contributed by atoms with van der Waals surface area (Å²) in [6.45, 7) is 4.03. The summed E-state index contributed by atoms with van der Waals surface area (Å²) in [6, 6.07) is 7.21. The van der Waals surface area contributed by atoms with Crippen molar-refractivity contribution in [1.29, 1.82) is 0 Å². The molecule has 0 fully saturated rings. The minimum absolute atomic E-state index is 0.308. The molecular formula is C12H14O. The molecule has 0 amide bonds. The molecule has 1 rings (SSSR count). The van der Waals surface area contributed by atoms with Crippen LogP contribution in [0.15, 0.2) is 42.5 Å². The molecule has 0 spiro atoms. The Morgan fingerprint density at radius 3 is 2.38 bits per heavy atom. The fourth-order valence-corrected chi connectivity index (χ4v) is 1.06. The van der Waals surface area contributed by atoms with E-state index in [1.807, 2.05) is 44.2 Å². The van der Waals surface area contributed by atoms with Crippen molar-refractivity contribution in [1.82, 2.24) is 0 Å². The van der Waals surface area contributed by atoms with Crippen molar-refractivity contribution in [2.75, 3.05) is 0 Å². The van der Waals surface area contributed by atoms with Crippen LogP contribution in [0.4, 0.5) is 0 Å². The van der Waals surface area contributed by atoms with Crippen LogP contribution < -0.4 is 0 Å². The molecule has 0 unspecified atom stereocenters. The van der Waals surface area contributed by atoms with E-state index < -0.39 is 0 Å². The Kier molecular flexibility index (Phi) is 3.32. The Hall–Kier alpha value is -1.50. The van der Waals surface area contributed by atoms with Crippen molar-refractivity contribution in [3.63, 3.8) is 0 Å². The maximum Gasteiger partial charge on any atom is 0.115 e. The van der Waals surface area contributed by atoms with E-state index in [0.717, 1.165) is 5.56 Å². The lowest BCUT2D eigenvalue weighted by Crippen LogP contribution is -1.77. The Bertz CT molecular complexity index is 317. The SMILES string of the molecule is C/C=C\C=C(/C)c1ccc(O)cc1. The molecule has 0 heterocycles. The summed E-state index contributed by atoms with van der Waals surface area (Å²) < 4.78 is 0. The van der Waals surface area contributed by atoms with Crippen LogP contribution in [0, 0.1) is 0 Å². The number of benzene rings is 1. The van der Waals surface area contributed by atoms with Gasteiger partial charge in [0.15, 0.2) is 0 Å². The van der Waals surface area contributed by atoms with E-state index in [1.165, 1.54) is 5.57 Å². The van der Waals surface area contributed by atoms with Crippen LogP contribution in [0.2, 0.25) is 0 Å². The lowest BCUT2D eigenvalue weighted by Gasteiger charge is -1.99. The number of phenolic OH excluding ortho intramolecular Hbond substituents is 1. The standard InChI is InChI=1S/C12H14O/c1-3-4-5-10(2)11-6-8-12(13)9-7-11/h3-9,13H,1-2H3/b4-3-,10-5+. The van der Waals surface area contributed by atoms with Crippen LogP contribution in [-0.2, 0) is 0 Å². The van der Waals surface area contributed by atoms with Crippen molar-refractivity contribution in [3.05, 3.63) is 48.1 Å². The second-order valence-electron chi connectivity index (χ2n) is 2.92. The van der Waals surface area contributed by atoms with Crippen molar-refractivity contribution in [3.8, 4) is 5.75 Å². The van der Waals surface area contributed by atoms with Crippen molar-refractivity contribution in [2.24, 2.45) is 0 Å². The van der Waals surface area contributed by atoms with Crippen LogP contribution in [0.25, 0.3) is 5.57 Å². The second-order valence-corrected chi connectivity index (χ2v) is 2.92. The van der Waals surface area contributed by atoms with E-state index in [-0.39, 0.29) is 0 Å². The van der Waals surface area contributed by atoms with Crippen LogP contribution in [0.5, 0.6) is 5.75 Å². The monoisotopic (exact) mass is 174 g/mol. The quantitative estimate of drug-likeness (QED) is 0.681. The summed E-state index contributed by atoms with van der Waals surface area (Å²) in [5.41, 5.74) is 2.33.